The van der Waals surface area contributed by atoms with E-state index in [0.29, 0.717) is 13.1 Å². The third-order valence-corrected chi connectivity index (χ3v) is 5.47. The molecule has 0 fully saturated rings. The molecule has 0 aliphatic rings. The van der Waals surface area contributed by atoms with Crippen LogP contribution in [0.1, 0.15) is 23.6 Å². The number of carbonyl (C=O) groups excluding carboxylic acids is 3. The van der Waals surface area contributed by atoms with Crippen molar-refractivity contribution in [2.24, 2.45) is 0 Å². The van der Waals surface area contributed by atoms with Crippen LogP contribution in [0.15, 0.2) is 91.0 Å². The molecule has 35 heavy (non-hydrogen) atoms. The molecule has 0 spiro atoms. The minimum Gasteiger partial charge on any atom is -0.445 e. The summed E-state index contributed by atoms with van der Waals surface area (Å²) in [6.07, 6.45) is -0.432. The van der Waals surface area contributed by atoms with E-state index in [-0.39, 0.29) is 25.5 Å². The number of hydrogen-bond acceptors (Lipinski definition) is 4. The van der Waals surface area contributed by atoms with Crippen LogP contribution in [0.5, 0.6) is 0 Å². The molecule has 0 bridgehead atoms. The van der Waals surface area contributed by atoms with Gasteiger partial charge in [0.2, 0.25) is 11.8 Å². The van der Waals surface area contributed by atoms with E-state index in [9.17, 15) is 14.4 Å². The van der Waals surface area contributed by atoms with Gasteiger partial charge in [-0.1, -0.05) is 91.0 Å². The molecule has 0 radical (unpaired) electrons. The summed E-state index contributed by atoms with van der Waals surface area (Å²) >= 11 is 0. The Morgan fingerprint density at radius 1 is 0.800 bits per heavy atom. The van der Waals surface area contributed by atoms with E-state index in [1.54, 1.807) is 4.90 Å². The quantitative estimate of drug-likeness (QED) is 0.445. The largest absolute Gasteiger partial charge is 0.445 e. The fourth-order valence-corrected chi connectivity index (χ4v) is 3.54. The summed E-state index contributed by atoms with van der Waals surface area (Å²) in [6, 6.07) is 27.4. The fraction of sp³-hybridized carbons (Fsp3) is 0.250. The summed E-state index contributed by atoms with van der Waals surface area (Å²) in [7, 11) is 0. The maximum Gasteiger partial charge on any atom is 0.408 e. The van der Waals surface area contributed by atoms with Crippen molar-refractivity contribution < 1.29 is 19.1 Å². The first-order valence-corrected chi connectivity index (χ1v) is 11.7. The van der Waals surface area contributed by atoms with Gasteiger partial charge in [-0.15, -0.1) is 0 Å². The minimum atomic E-state index is -0.891. The van der Waals surface area contributed by atoms with Crippen molar-refractivity contribution in [3.8, 4) is 0 Å². The third-order valence-electron chi connectivity index (χ3n) is 5.47. The highest BCUT2D eigenvalue weighted by Gasteiger charge is 2.23. The first-order chi connectivity index (χ1) is 17.0. The van der Waals surface area contributed by atoms with Gasteiger partial charge in [0.25, 0.3) is 0 Å². The second kappa shape index (κ2) is 13.5. The summed E-state index contributed by atoms with van der Waals surface area (Å²) in [5, 5.41) is 5.33. The van der Waals surface area contributed by atoms with Gasteiger partial charge >= 0.3 is 6.09 Å². The molecular formula is C28H31N3O4. The van der Waals surface area contributed by atoms with Gasteiger partial charge < -0.3 is 20.3 Å². The molecule has 2 N–H and O–H groups in total. The summed E-state index contributed by atoms with van der Waals surface area (Å²) in [6.45, 7) is 2.80. The van der Waals surface area contributed by atoms with Gasteiger partial charge in [0.15, 0.2) is 0 Å². The van der Waals surface area contributed by atoms with Gasteiger partial charge in [-0.2, -0.15) is 0 Å². The van der Waals surface area contributed by atoms with E-state index in [0.717, 1.165) is 16.7 Å². The Kier molecular flexibility index (Phi) is 9.87. The molecule has 0 heterocycles. The number of likely N-dealkylation sites (N-methyl/N-ethyl adjacent to an activating group) is 1. The maximum atomic E-state index is 13.0. The number of hydrogen-bond donors (Lipinski definition) is 2. The van der Waals surface area contributed by atoms with Crippen molar-refractivity contribution in [2.75, 3.05) is 13.1 Å². The van der Waals surface area contributed by atoms with Crippen LogP contribution in [0.25, 0.3) is 0 Å². The highest BCUT2D eigenvalue weighted by molar-refractivity contribution is 5.89. The van der Waals surface area contributed by atoms with Crippen LogP contribution in [0, 0.1) is 0 Å². The zero-order chi connectivity index (χ0) is 24.9. The van der Waals surface area contributed by atoms with Gasteiger partial charge in [0, 0.05) is 19.5 Å². The van der Waals surface area contributed by atoms with Gasteiger partial charge in [-0.25, -0.2) is 4.79 Å². The topological polar surface area (TPSA) is 87.7 Å². The number of nitrogens with one attached hydrogen (secondary N) is 2. The molecule has 1 atom stereocenters. The highest BCUT2D eigenvalue weighted by Crippen LogP contribution is 2.07. The Bertz CT molecular complexity index is 1080. The Labute approximate surface area is 206 Å². The summed E-state index contributed by atoms with van der Waals surface area (Å²) in [5.74, 6) is -0.649. The lowest BCUT2D eigenvalue weighted by Crippen LogP contribution is -2.50. The van der Waals surface area contributed by atoms with Gasteiger partial charge in [0.05, 0.1) is 6.54 Å². The number of benzene rings is 3. The number of alkyl carbamates (subject to hydrolysis) is 1. The molecule has 0 aliphatic heterocycles. The molecule has 0 aromatic heterocycles. The Morgan fingerprint density at radius 2 is 1.34 bits per heavy atom. The number of carbonyl (C=O) groups is 3. The van der Waals surface area contributed by atoms with E-state index in [2.05, 4.69) is 10.6 Å². The minimum absolute atomic E-state index is 0.0930. The van der Waals surface area contributed by atoms with Crippen LogP contribution in [0.2, 0.25) is 0 Å². The smallest absolute Gasteiger partial charge is 0.408 e. The van der Waals surface area contributed by atoms with E-state index >= 15 is 0 Å². The van der Waals surface area contributed by atoms with Crippen LogP contribution >= 0.6 is 0 Å². The van der Waals surface area contributed by atoms with E-state index in [1.165, 1.54) is 0 Å². The van der Waals surface area contributed by atoms with Gasteiger partial charge in [-0.3, -0.25) is 9.59 Å². The third kappa shape index (κ3) is 8.62. The monoisotopic (exact) mass is 473 g/mol. The first kappa shape index (κ1) is 25.5. The molecule has 0 unspecified atom stereocenters. The second-order valence-electron chi connectivity index (χ2n) is 8.06. The molecule has 3 aromatic rings. The summed E-state index contributed by atoms with van der Waals surface area (Å²) in [5.41, 5.74) is 2.73. The molecule has 0 aliphatic carbocycles. The average Bonchev–Trinajstić information content (AvgIpc) is 2.90. The number of rotatable bonds is 11. The van der Waals surface area contributed by atoms with Crippen molar-refractivity contribution >= 4 is 17.9 Å². The SMILES string of the molecule is CCN(Cc1ccccc1)C(=O)CNC(=O)[C@H](Cc1ccccc1)NC(=O)OCc1ccccc1. The van der Waals surface area contributed by atoms with Gasteiger partial charge in [-0.05, 0) is 23.6 Å². The Balaban J connectivity index is 1.58. The molecular weight excluding hydrogens is 442 g/mol. The summed E-state index contributed by atoms with van der Waals surface area (Å²) in [4.78, 5) is 39.8. The Hall–Kier alpha value is -4.13. The van der Waals surface area contributed by atoms with Gasteiger partial charge in [0.1, 0.15) is 12.6 Å². The maximum absolute atomic E-state index is 13.0. The molecule has 182 valence electrons. The molecule has 0 saturated carbocycles. The van der Waals surface area contributed by atoms with Crippen LogP contribution in [-0.4, -0.2) is 41.9 Å². The number of nitrogens with zero attached hydrogens (tertiary/aromatic N) is 1. The standard InChI is InChI=1S/C28H31N3O4/c1-2-31(20-23-14-8-4-9-15-23)26(32)19-29-27(33)25(18-22-12-6-3-7-13-22)30-28(34)35-21-24-16-10-5-11-17-24/h3-17,25H,2,18-21H2,1H3,(H,29,33)(H,30,34)/t25-/m0/s1. The molecule has 3 rings (SSSR count). The van der Waals surface area contributed by atoms with Crippen LogP contribution in [0.3, 0.4) is 0 Å². The molecule has 0 saturated heterocycles. The number of amides is 3. The Morgan fingerprint density at radius 3 is 1.91 bits per heavy atom. The summed E-state index contributed by atoms with van der Waals surface area (Å²) < 4.78 is 5.29. The van der Waals surface area contributed by atoms with E-state index in [1.807, 2.05) is 97.9 Å². The van der Waals surface area contributed by atoms with Crippen LogP contribution in [0.4, 0.5) is 4.79 Å². The normalized spacial score (nSPS) is 11.2. The molecule has 7 heteroatoms. The average molecular weight is 474 g/mol. The lowest BCUT2D eigenvalue weighted by molar-refractivity contribution is -0.133. The fourth-order valence-electron chi connectivity index (χ4n) is 3.54. The first-order valence-electron chi connectivity index (χ1n) is 11.7. The van der Waals surface area contributed by atoms with Crippen molar-refractivity contribution in [1.82, 2.24) is 15.5 Å². The predicted octanol–water partition coefficient (Wildman–Crippen LogP) is 3.69. The molecule has 3 aromatic carbocycles. The lowest BCUT2D eigenvalue weighted by Gasteiger charge is -2.23. The highest BCUT2D eigenvalue weighted by atomic mass is 16.5. The zero-order valence-electron chi connectivity index (χ0n) is 19.9. The van der Waals surface area contributed by atoms with Crippen LogP contribution in [-0.2, 0) is 33.9 Å². The van der Waals surface area contributed by atoms with Crippen molar-refractivity contribution in [2.45, 2.75) is 32.5 Å². The second-order valence-corrected chi connectivity index (χ2v) is 8.06. The van der Waals surface area contributed by atoms with E-state index in [4.69, 9.17) is 4.74 Å². The van der Waals surface area contributed by atoms with Crippen molar-refractivity contribution in [1.29, 1.82) is 0 Å². The lowest BCUT2D eigenvalue weighted by atomic mass is 10.1. The predicted molar refractivity (Wildman–Crippen MR) is 134 cm³/mol. The number of ether oxygens (including phenoxy) is 1. The van der Waals surface area contributed by atoms with E-state index < -0.39 is 18.0 Å². The van der Waals surface area contributed by atoms with Crippen LogP contribution < -0.4 is 10.6 Å². The zero-order valence-corrected chi connectivity index (χ0v) is 19.9. The molecule has 3 amide bonds. The van der Waals surface area contributed by atoms with Crippen molar-refractivity contribution in [3.05, 3.63) is 108 Å². The molecule has 7 nitrogen and oxygen atoms in total. The van der Waals surface area contributed by atoms with Crippen molar-refractivity contribution in [3.63, 3.8) is 0 Å².